The second-order valence-electron chi connectivity index (χ2n) is 7.90. The molecule has 1 N–H and O–H groups in total. The van der Waals surface area contributed by atoms with Gasteiger partial charge in [0.05, 0.1) is 12.5 Å². The van der Waals surface area contributed by atoms with Gasteiger partial charge in [-0.3, -0.25) is 5.32 Å². The molecule has 0 spiro atoms. The molecule has 2 rings (SSSR count). The van der Waals surface area contributed by atoms with E-state index in [1.807, 2.05) is 12.1 Å². The fourth-order valence-corrected chi connectivity index (χ4v) is 3.81. The van der Waals surface area contributed by atoms with E-state index in [1.165, 1.54) is 24.1 Å². The fraction of sp³-hybridized carbons (Fsp3) is 0.619. The van der Waals surface area contributed by atoms with Crippen molar-refractivity contribution in [2.45, 2.75) is 77.9 Å². The molecule has 2 atom stereocenters. The van der Waals surface area contributed by atoms with Crippen LogP contribution in [-0.2, 0) is 4.74 Å². The van der Waals surface area contributed by atoms with E-state index < -0.39 is 12.2 Å². The Morgan fingerprint density at radius 1 is 1.50 bits per heavy atom. The first kappa shape index (κ1) is 20.1. The van der Waals surface area contributed by atoms with Gasteiger partial charge in [0.15, 0.2) is 0 Å². The molecule has 0 bridgehead atoms. The van der Waals surface area contributed by atoms with Crippen LogP contribution in [0.25, 0.3) is 0 Å². The topological polar surface area (TPSA) is 65.4 Å². The van der Waals surface area contributed by atoms with Gasteiger partial charge in [0.25, 0.3) is 0 Å². The normalized spacial score (nSPS) is 19.2. The number of amides is 1. The summed E-state index contributed by atoms with van der Waals surface area (Å²) in [6, 6.07) is 8.10. The van der Waals surface area contributed by atoms with Crippen LogP contribution in [0.3, 0.4) is 0 Å². The Kier molecular flexibility index (Phi) is 6.52. The minimum atomic E-state index is -0.515. The number of carbonyl (C=O) groups excluding carboxylic acids is 1. The quantitative estimate of drug-likeness (QED) is 0.737. The number of hydrogen-bond donors (Lipinski definition) is 1. The van der Waals surface area contributed by atoms with Crippen molar-refractivity contribution in [2.24, 2.45) is 0 Å². The van der Waals surface area contributed by atoms with Gasteiger partial charge in [0.1, 0.15) is 6.10 Å². The minimum Gasteiger partial charge on any atom is -0.445 e. The molecule has 1 amide bonds. The number of unbranched alkanes of at least 4 members (excludes halogenated alkanes) is 1. The van der Waals surface area contributed by atoms with Crippen LogP contribution >= 0.6 is 0 Å². The summed E-state index contributed by atoms with van der Waals surface area (Å²) in [5, 5.41) is 11.5. The Balaban J connectivity index is 2.19. The van der Waals surface area contributed by atoms with Gasteiger partial charge in [-0.05, 0) is 63.3 Å². The van der Waals surface area contributed by atoms with E-state index in [1.54, 1.807) is 6.92 Å². The maximum absolute atomic E-state index is 12.0. The van der Waals surface area contributed by atoms with Crippen molar-refractivity contribution >= 4 is 17.5 Å². The zero-order valence-corrected chi connectivity index (χ0v) is 16.6. The van der Waals surface area contributed by atoms with Crippen molar-refractivity contribution in [2.75, 3.05) is 16.8 Å². The summed E-state index contributed by atoms with van der Waals surface area (Å²) in [5.74, 6) is 0.424. The van der Waals surface area contributed by atoms with Crippen LogP contribution in [-0.4, -0.2) is 24.3 Å². The molecule has 1 heterocycles. The van der Waals surface area contributed by atoms with Gasteiger partial charge in [-0.25, -0.2) is 4.79 Å². The Hall–Kier alpha value is -2.22. The summed E-state index contributed by atoms with van der Waals surface area (Å²) < 4.78 is 5.19. The third-order valence-corrected chi connectivity index (χ3v) is 5.05. The zero-order chi connectivity index (χ0) is 19.3. The number of nitriles is 1. The van der Waals surface area contributed by atoms with Crippen molar-refractivity contribution in [1.82, 2.24) is 0 Å². The molecule has 5 nitrogen and oxygen atoms in total. The number of rotatable bonds is 6. The summed E-state index contributed by atoms with van der Waals surface area (Å²) in [5.41, 5.74) is 3.39. The molecule has 0 saturated carbocycles. The zero-order valence-electron chi connectivity index (χ0n) is 16.6. The van der Waals surface area contributed by atoms with Crippen LogP contribution < -0.4 is 10.2 Å². The van der Waals surface area contributed by atoms with Crippen molar-refractivity contribution < 1.29 is 9.53 Å². The molecule has 0 aliphatic carbocycles. The Morgan fingerprint density at radius 3 is 2.88 bits per heavy atom. The molecule has 2 unspecified atom stereocenters. The molecule has 0 radical (unpaired) electrons. The number of fused-ring (bicyclic) bond motifs is 1. The standard InChI is InChI=1S/C21H31N3O2/c1-6-7-12-24-19-9-8-17(23-20(25)26-16(3)10-11-22)13-18(19)15(2)14-21(24,4)5/h8-9,13,15-16H,6-7,10,12,14H2,1-5H3,(H,23,25). The molecule has 26 heavy (non-hydrogen) atoms. The number of nitrogens with zero attached hydrogens (tertiary/aromatic N) is 2. The highest BCUT2D eigenvalue weighted by atomic mass is 16.6. The van der Waals surface area contributed by atoms with E-state index in [2.05, 4.69) is 50.0 Å². The minimum absolute atomic E-state index is 0.127. The van der Waals surface area contributed by atoms with E-state index in [-0.39, 0.29) is 12.0 Å². The molecule has 1 aliphatic rings. The van der Waals surface area contributed by atoms with E-state index in [0.29, 0.717) is 5.92 Å². The molecule has 0 fully saturated rings. The molecule has 1 aliphatic heterocycles. The van der Waals surface area contributed by atoms with Gasteiger partial charge in [0.2, 0.25) is 0 Å². The molecule has 1 aromatic rings. The van der Waals surface area contributed by atoms with Crippen molar-refractivity contribution in [3.05, 3.63) is 23.8 Å². The van der Waals surface area contributed by atoms with Crippen LogP contribution in [0.4, 0.5) is 16.2 Å². The van der Waals surface area contributed by atoms with E-state index in [0.717, 1.165) is 18.7 Å². The average Bonchev–Trinajstić information content (AvgIpc) is 2.54. The third kappa shape index (κ3) is 4.69. The number of hydrogen-bond acceptors (Lipinski definition) is 4. The molecule has 0 saturated heterocycles. The molecule has 0 aromatic heterocycles. The van der Waals surface area contributed by atoms with Crippen LogP contribution in [0, 0.1) is 11.3 Å². The second-order valence-corrected chi connectivity index (χ2v) is 7.90. The summed E-state index contributed by atoms with van der Waals surface area (Å²) in [6.07, 6.45) is 2.68. The monoisotopic (exact) mass is 357 g/mol. The van der Waals surface area contributed by atoms with Crippen molar-refractivity contribution in [3.63, 3.8) is 0 Å². The number of nitrogens with one attached hydrogen (secondary N) is 1. The van der Waals surface area contributed by atoms with Gasteiger partial charge >= 0.3 is 6.09 Å². The highest BCUT2D eigenvalue weighted by Gasteiger charge is 2.36. The first-order valence-electron chi connectivity index (χ1n) is 9.54. The third-order valence-electron chi connectivity index (χ3n) is 5.05. The first-order valence-corrected chi connectivity index (χ1v) is 9.54. The van der Waals surface area contributed by atoms with Gasteiger partial charge in [-0.1, -0.05) is 20.3 Å². The second kappa shape index (κ2) is 8.44. The summed E-state index contributed by atoms with van der Waals surface area (Å²) >= 11 is 0. The first-order chi connectivity index (χ1) is 12.3. The summed E-state index contributed by atoms with van der Waals surface area (Å²) in [7, 11) is 0. The summed E-state index contributed by atoms with van der Waals surface area (Å²) in [4.78, 5) is 14.5. The Morgan fingerprint density at radius 2 is 2.23 bits per heavy atom. The number of carbonyl (C=O) groups is 1. The molecule has 5 heteroatoms. The van der Waals surface area contributed by atoms with Crippen LogP contribution in [0.2, 0.25) is 0 Å². The molecule has 142 valence electrons. The van der Waals surface area contributed by atoms with E-state index in [4.69, 9.17) is 10.00 Å². The van der Waals surface area contributed by atoms with Crippen molar-refractivity contribution in [3.8, 4) is 6.07 Å². The molecule has 1 aromatic carbocycles. The van der Waals surface area contributed by atoms with E-state index >= 15 is 0 Å². The maximum Gasteiger partial charge on any atom is 0.411 e. The lowest BCUT2D eigenvalue weighted by molar-refractivity contribution is 0.123. The summed E-state index contributed by atoms with van der Waals surface area (Å²) in [6.45, 7) is 11.8. The maximum atomic E-state index is 12.0. The number of anilines is 2. The van der Waals surface area contributed by atoms with Gasteiger partial charge < -0.3 is 9.64 Å². The van der Waals surface area contributed by atoms with Gasteiger partial charge in [-0.2, -0.15) is 5.26 Å². The van der Waals surface area contributed by atoms with Crippen LogP contribution in [0.1, 0.15) is 71.8 Å². The number of benzene rings is 1. The number of ether oxygens (including phenoxy) is 1. The SMILES string of the molecule is CCCCN1c2ccc(NC(=O)OC(C)CC#N)cc2C(C)CC1(C)C. The van der Waals surface area contributed by atoms with Crippen molar-refractivity contribution in [1.29, 1.82) is 5.26 Å². The lowest BCUT2D eigenvalue weighted by Gasteiger charge is -2.47. The Bertz CT molecular complexity index is 678. The highest BCUT2D eigenvalue weighted by Crippen LogP contribution is 2.44. The average molecular weight is 357 g/mol. The lowest BCUT2D eigenvalue weighted by Crippen LogP contribution is -2.48. The van der Waals surface area contributed by atoms with E-state index in [9.17, 15) is 4.79 Å². The molecular formula is C21H31N3O2. The highest BCUT2D eigenvalue weighted by molar-refractivity contribution is 5.85. The van der Waals surface area contributed by atoms with Gasteiger partial charge in [0, 0.05) is 23.5 Å². The van der Waals surface area contributed by atoms with Crippen LogP contribution in [0.5, 0.6) is 0 Å². The Labute approximate surface area is 157 Å². The molecular weight excluding hydrogens is 326 g/mol. The smallest absolute Gasteiger partial charge is 0.411 e. The van der Waals surface area contributed by atoms with Gasteiger partial charge in [-0.15, -0.1) is 0 Å². The predicted molar refractivity (Wildman–Crippen MR) is 106 cm³/mol. The largest absolute Gasteiger partial charge is 0.445 e. The van der Waals surface area contributed by atoms with Crippen LogP contribution in [0.15, 0.2) is 18.2 Å². The predicted octanol–water partition coefficient (Wildman–Crippen LogP) is 5.43. The lowest BCUT2D eigenvalue weighted by atomic mass is 9.80. The fourth-order valence-electron chi connectivity index (χ4n) is 3.81.